The fourth-order valence-corrected chi connectivity index (χ4v) is 1.30. The molecule has 1 rings (SSSR count). The van der Waals surface area contributed by atoms with Crippen LogP contribution in [0.1, 0.15) is 11.1 Å². The predicted molar refractivity (Wildman–Crippen MR) is 45.9 cm³/mol. The lowest BCUT2D eigenvalue weighted by Gasteiger charge is -2.10. The molecule has 0 aliphatic rings. The molecule has 0 aliphatic heterocycles. The van der Waals surface area contributed by atoms with Crippen molar-refractivity contribution in [3.05, 3.63) is 34.1 Å². The topological polar surface area (TPSA) is 0 Å². The van der Waals surface area contributed by atoms with Crippen LogP contribution in [0.25, 0.3) is 0 Å². The summed E-state index contributed by atoms with van der Waals surface area (Å²) in [5, 5.41) is -0.151. The number of hydrogen-bond donors (Lipinski definition) is 0. The third kappa shape index (κ3) is 2.61. The van der Waals surface area contributed by atoms with Gasteiger partial charge in [-0.2, -0.15) is 13.2 Å². The third-order valence-corrected chi connectivity index (χ3v) is 2.28. The summed E-state index contributed by atoms with van der Waals surface area (Å²) in [6.45, 7) is 1.53. The molecule has 0 bridgehead atoms. The van der Waals surface area contributed by atoms with E-state index in [0.29, 0.717) is 5.56 Å². The van der Waals surface area contributed by atoms with Gasteiger partial charge in [0, 0.05) is 10.6 Å². The van der Waals surface area contributed by atoms with E-state index in [2.05, 4.69) is 0 Å². The van der Waals surface area contributed by atoms with Crippen molar-refractivity contribution in [1.82, 2.24) is 0 Å². The molecule has 0 aromatic heterocycles. The minimum Gasteiger partial charge on any atom is -0.207 e. The van der Waals surface area contributed by atoms with E-state index >= 15 is 0 Å². The van der Waals surface area contributed by atoms with E-state index in [-0.39, 0.29) is 5.02 Å². The molecule has 78 valence electrons. The van der Waals surface area contributed by atoms with Crippen LogP contribution in [0.2, 0.25) is 5.02 Å². The van der Waals surface area contributed by atoms with Crippen LogP contribution in [-0.2, 0) is 6.42 Å². The Morgan fingerprint density at radius 1 is 1.29 bits per heavy atom. The van der Waals surface area contributed by atoms with Gasteiger partial charge in [-0.05, 0) is 18.6 Å². The van der Waals surface area contributed by atoms with Crippen molar-refractivity contribution in [3.8, 4) is 0 Å². The molecule has 1 aromatic carbocycles. The Morgan fingerprint density at radius 3 is 2.36 bits per heavy atom. The van der Waals surface area contributed by atoms with Crippen LogP contribution in [-0.4, -0.2) is 6.18 Å². The number of alkyl halides is 3. The van der Waals surface area contributed by atoms with E-state index < -0.39 is 24.0 Å². The zero-order valence-corrected chi connectivity index (χ0v) is 8.01. The summed E-state index contributed by atoms with van der Waals surface area (Å²) in [6.07, 6.45) is -5.78. The van der Waals surface area contributed by atoms with Crippen LogP contribution in [0.4, 0.5) is 17.6 Å². The highest BCUT2D eigenvalue weighted by atomic mass is 35.5. The molecule has 0 fully saturated rings. The van der Waals surface area contributed by atoms with Gasteiger partial charge in [0.15, 0.2) is 0 Å². The van der Waals surface area contributed by atoms with Gasteiger partial charge in [-0.3, -0.25) is 0 Å². The minimum atomic E-state index is -4.45. The van der Waals surface area contributed by atoms with Gasteiger partial charge in [0.05, 0.1) is 6.42 Å². The van der Waals surface area contributed by atoms with E-state index in [1.165, 1.54) is 13.0 Å². The summed E-state index contributed by atoms with van der Waals surface area (Å²) >= 11 is 5.56. The molecule has 0 aliphatic carbocycles. The number of benzene rings is 1. The summed E-state index contributed by atoms with van der Waals surface area (Å²) in [4.78, 5) is 0. The van der Waals surface area contributed by atoms with E-state index in [4.69, 9.17) is 11.6 Å². The predicted octanol–water partition coefficient (Wildman–Crippen LogP) is 3.89. The number of hydrogen-bond acceptors (Lipinski definition) is 0. The van der Waals surface area contributed by atoms with Gasteiger partial charge >= 0.3 is 6.18 Å². The van der Waals surface area contributed by atoms with Crippen LogP contribution >= 0.6 is 11.6 Å². The molecule has 0 N–H and O–H groups in total. The number of halogens is 5. The van der Waals surface area contributed by atoms with Crippen LogP contribution in [0.5, 0.6) is 0 Å². The monoisotopic (exact) mass is 226 g/mol. The molecule has 0 radical (unpaired) electrons. The quantitative estimate of drug-likeness (QED) is 0.638. The molecular formula is C9H7ClF4. The van der Waals surface area contributed by atoms with Crippen LogP contribution in [0.15, 0.2) is 12.1 Å². The first-order chi connectivity index (χ1) is 6.31. The Kier molecular flexibility index (Phi) is 3.04. The Hall–Kier alpha value is -0.770. The SMILES string of the molecule is Cc1ccc(F)c(CC(F)(F)F)c1Cl. The summed E-state index contributed by atoms with van der Waals surface area (Å²) < 4.78 is 49.0. The zero-order chi connectivity index (χ0) is 10.9. The summed E-state index contributed by atoms with van der Waals surface area (Å²) in [5.41, 5.74) is -0.0496. The average molecular weight is 227 g/mol. The van der Waals surface area contributed by atoms with Crippen molar-refractivity contribution in [1.29, 1.82) is 0 Å². The lowest BCUT2D eigenvalue weighted by molar-refractivity contribution is -0.127. The van der Waals surface area contributed by atoms with Crippen molar-refractivity contribution in [2.75, 3.05) is 0 Å². The van der Waals surface area contributed by atoms with Crippen molar-refractivity contribution in [3.63, 3.8) is 0 Å². The normalized spacial score (nSPS) is 11.9. The highest BCUT2D eigenvalue weighted by molar-refractivity contribution is 6.32. The van der Waals surface area contributed by atoms with E-state index in [9.17, 15) is 17.6 Å². The van der Waals surface area contributed by atoms with Crippen LogP contribution in [0.3, 0.4) is 0 Å². The highest BCUT2D eigenvalue weighted by Gasteiger charge is 2.30. The third-order valence-electron chi connectivity index (χ3n) is 1.76. The first-order valence-corrected chi connectivity index (χ1v) is 4.19. The Morgan fingerprint density at radius 2 is 1.86 bits per heavy atom. The maximum Gasteiger partial charge on any atom is 0.393 e. The van der Waals surface area contributed by atoms with Gasteiger partial charge < -0.3 is 0 Å². The summed E-state index contributed by atoms with van der Waals surface area (Å²) in [6, 6.07) is 2.33. The first-order valence-electron chi connectivity index (χ1n) is 3.81. The van der Waals surface area contributed by atoms with Crippen molar-refractivity contribution in [2.45, 2.75) is 19.5 Å². The van der Waals surface area contributed by atoms with Gasteiger partial charge in [-0.25, -0.2) is 4.39 Å². The first kappa shape index (κ1) is 11.3. The van der Waals surface area contributed by atoms with Crippen LogP contribution in [0, 0.1) is 12.7 Å². The molecule has 0 saturated heterocycles. The van der Waals surface area contributed by atoms with Gasteiger partial charge in [0.1, 0.15) is 5.82 Å². The summed E-state index contributed by atoms with van der Waals surface area (Å²) in [7, 11) is 0. The Balaban J connectivity index is 3.13. The van der Waals surface area contributed by atoms with Crippen molar-refractivity contribution < 1.29 is 17.6 Å². The minimum absolute atomic E-state index is 0.151. The van der Waals surface area contributed by atoms with E-state index in [0.717, 1.165) is 6.07 Å². The fraction of sp³-hybridized carbons (Fsp3) is 0.333. The molecule has 0 nitrogen and oxygen atoms in total. The second-order valence-corrected chi connectivity index (χ2v) is 3.33. The standard InChI is InChI=1S/C9H7ClF4/c1-5-2-3-7(11)6(8(5)10)4-9(12,13)14/h2-3H,4H2,1H3. The van der Waals surface area contributed by atoms with Gasteiger partial charge in [-0.1, -0.05) is 17.7 Å². The molecule has 0 spiro atoms. The molecule has 0 atom stereocenters. The van der Waals surface area contributed by atoms with Gasteiger partial charge in [0.25, 0.3) is 0 Å². The lowest BCUT2D eigenvalue weighted by atomic mass is 10.1. The molecule has 0 saturated carbocycles. The van der Waals surface area contributed by atoms with Gasteiger partial charge in [-0.15, -0.1) is 0 Å². The summed E-state index contributed by atoms with van der Waals surface area (Å²) in [5.74, 6) is -0.919. The van der Waals surface area contributed by atoms with Crippen molar-refractivity contribution >= 4 is 11.6 Å². The number of aryl methyl sites for hydroxylation is 1. The molecule has 0 unspecified atom stereocenters. The highest BCUT2D eigenvalue weighted by Crippen LogP contribution is 2.29. The maximum absolute atomic E-state index is 13.0. The van der Waals surface area contributed by atoms with E-state index in [1.54, 1.807) is 0 Å². The fourth-order valence-electron chi connectivity index (χ4n) is 1.08. The molecule has 0 amide bonds. The van der Waals surface area contributed by atoms with Gasteiger partial charge in [0.2, 0.25) is 0 Å². The second-order valence-electron chi connectivity index (χ2n) is 2.95. The number of rotatable bonds is 1. The van der Waals surface area contributed by atoms with Crippen LogP contribution < -0.4 is 0 Å². The van der Waals surface area contributed by atoms with E-state index in [1.807, 2.05) is 0 Å². The molecule has 14 heavy (non-hydrogen) atoms. The maximum atomic E-state index is 13.0. The zero-order valence-electron chi connectivity index (χ0n) is 7.25. The van der Waals surface area contributed by atoms with Crippen molar-refractivity contribution in [2.24, 2.45) is 0 Å². The average Bonchev–Trinajstić information content (AvgIpc) is 2.04. The molecule has 0 heterocycles. The Bertz CT molecular complexity index is 343. The Labute approximate surface area is 83.5 Å². The molecular weight excluding hydrogens is 220 g/mol. The smallest absolute Gasteiger partial charge is 0.207 e. The second kappa shape index (κ2) is 3.77. The largest absolute Gasteiger partial charge is 0.393 e. The lowest BCUT2D eigenvalue weighted by Crippen LogP contribution is -2.13. The molecule has 5 heteroatoms. The molecule has 1 aromatic rings.